The fourth-order valence-corrected chi connectivity index (χ4v) is 2.04. The Bertz CT molecular complexity index is 459. The van der Waals surface area contributed by atoms with E-state index in [1.165, 1.54) is 6.07 Å². The third-order valence-electron chi connectivity index (χ3n) is 2.85. The van der Waals surface area contributed by atoms with E-state index in [1.54, 1.807) is 18.2 Å². The highest BCUT2D eigenvalue weighted by atomic mass is 16.6. The summed E-state index contributed by atoms with van der Waals surface area (Å²) >= 11 is 0. The number of hydrogen-bond donors (Lipinski definition) is 1. The predicted molar refractivity (Wildman–Crippen MR) is 57.5 cm³/mol. The van der Waals surface area contributed by atoms with E-state index >= 15 is 0 Å². The molecule has 1 aliphatic rings. The van der Waals surface area contributed by atoms with Crippen molar-refractivity contribution < 1.29 is 19.6 Å². The first-order valence-electron chi connectivity index (χ1n) is 5.19. The number of hydrogen-bond acceptors (Lipinski definition) is 4. The van der Waals surface area contributed by atoms with Gasteiger partial charge in [-0.05, 0) is 12.5 Å². The molecule has 90 valence electrons. The van der Waals surface area contributed by atoms with Crippen molar-refractivity contribution in [1.82, 2.24) is 0 Å². The number of nitro groups is 1. The van der Waals surface area contributed by atoms with Crippen LogP contribution in [0.2, 0.25) is 0 Å². The molecular weight excluding hydrogens is 226 g/mol. The van der Waals surface area contributed by atoms with Gasteiger partial charge in [-0.25, -0.2) is 0 Å². The van der Waals surface area contributed by atoms with Crippen LogP contribution in [-0.2, 0) is 9.53 Å². The van der Waals surface area contributed by atoms with Gasteiger partial charge in [-0.2, -0.15) is 0 Å². The maximum absolute atomic E-state index is 11.0. The monoisotopic (exact) mass is 237 g/mol. The van der Waals surface area contributed by atoms with Crippen molar-refractivity contribution in [3.05, 3.63) is 39.9 Å². The van der Waals surface area contributed by atoms with Crippen molar-refractivity contribution in [2.45, 2.75) is 12.5 Å². The van der Waals surface area contributed by atoms with Crippen LogP contribution in [0.5, 0.6) is 0 Å². The standard InChI is InChI=1S/C11H11NO5/c13-11(14)8-5-6-17-10(8)7-3-1-2-4-9(7)12(15)16/h1-4,8,10H,5-6H2,(H,13,14). The van der Waals surface area contributed by atoms with Crippen LogP contribution in [0, 0.1) is 16.0 Å². The zero-order valence-electron chi connectivity index (χ0n) is 8.91. The molecule has 1 aliphatic heterocycles. The van der Waals surface area contributed by atoms with E-state index in [-0.39, 0.29) is 5.69 Å². The summed E-state index contributed by atoms with van der Waals surface area (Å²) < 4.78 is 5.32. The van der Waals surface area contributed by atoms with Crippen LogP contribution in [0.15, 0.2) is 24.3 Å². The molecule has 0 amide bonds. The Morgan fingerprint density at radius 1 is 1.47 bits per heavy atom. The van der Waals surface area contributed by atoms with Gasteiger partial charge in [-0.15, -0.1) is 0 Å². The molecule has 0 aliphatic carbocycles. The second-order valence-corrected chi connectivity index (χ2v) is 3.84. The zero-order chi connectivity index (χ0) is 12.4. The van der Waals surface area contributed by atoms with Gasteiger partial charge in [0.05, 0.1) is 16.4 Å². The summed E-state index contributed by atoms with van der Waals surface area (Å²) in [5.74, 6) is -1.69. The van der Waals surface area contributed by atoms with Gasteiger partial charge in [0.25, 0.3) is 5.69 Å². The van der Waals surface area contributed by atoms with Crippen molar-refractivity contribution in [1.29, 1.82) is 0 Å². The number of nitro benzene ring substituents is 1. The molecule has 2 rings (SSSR count). The van der Waals surface area contributed by atoms with E-state index in [1.807, 2.05) is 0 Å². The molecule has 0 radical (unpaired) electrons. The summed E-state index contributed by atoms with van der Waals surface area (Å²) in [4.78, 5) is 21.4. The maximum Gasteiger partial charge on any atom is 0.309 e. The van der Waals surface area contributed by atoms with Crippen LogP contribution in [-0.4, -0.2) is 22.6 Å². The first-order chi connectivity index (χ1) is 8.11. The van der Waals surface area contributed by atoms with E-state index in [0.717, 1.165) is 0 Å². The second-order valence-electron chi connectivity index (χ2n) is 3.84. The summed E-state index contributed by atoms with van der Waals surface area (Å²) in [7, 11) is 0. The Kier molecular flexibility index (Phi) is 3.06. The van der Waals surface area contributed by atoms with E-state index in [4.69, 9.17) is 9.84 Å². The van der Waals surface area contributed by atoms with E-state index < -0.39 is 22.9 Å². The average Bonchev–Trinajstić information content (AvgIpc) is 2.77. The number of para-hydroxylation sites is 1. The number of aliphatic carboxylic acids is 1. The molecule has 0 bridgehead atoms. The quantitative estimate of drug-likeness (QED) is 0.639. The highest BCUT2D eigenvalue weighted by Gasteiger charge is 2.38. The molecule has 2 unspecified atom stereocenters. The minimum absolute atomic E-state index is 0.0920. The fourth-order valence-electron chi connectivity index (χ4n) is 2.04. The topological polar surface area (TPSA) is 89.7 Å². The Balaban J connectivity index is 2.39. The molecule has 6 heteroatoms. The number of ether oxygens (including phenoxy) is 1. The summed E-state index contributed by atoms with van der Waals surface area (Å²) in [5, 5.41) is 19.9. The smallest absolute Gasteiger partial charge is 0.309 e. The molecule has 1 aromatic carbocycles. The average molecular weight is 237 g/mol. The maximum atomic E-state index is 11.0. The minimum atomic E-state index is -0.981. The molecule has 0 spiro atoms. The largest absolute Gasteiger partial charge is 0.481 e. The van der Waals surface area contributed by atoms with Crippen LogP contribution in [0.4, 0.5) is 5.69 Å². The number of benzene rings is 1. The molecule has 2 atom stereocenters. The number of rotatable bonds is 3. The molecule has 6 nitrogen and oxygen atoms in total. The predicted octanol–water partition coefficient (Wildman–Crippen LogP) is 1.76. The van der Waals surface area contributed by atoms with Crippen LogP contribution in [0.1, 0.15) is 18.1 Å². The summed E-state index contributed by atoms with van der Waals surface area (Å²) in [6, 6.07) is 6.09. The first kappa shape index (κ1) is 11.5. The van der Waals surface area contributed by atoms with Gasteiger partial charge in [0, 0.05) is 12.7 Å². The molecule has 1 N–H and O–H groups in total. The van der Waals surface area contributed by atoms with Gasteiger partial charge in [0.15, 0.2) is 0 Å². The van der Waals surface area contributed by atoms with Gasteiger partial charge in [-0.3, -0.25) is 14.9 Å². The van der Waals surface area contributed by atoms with E-state index in [9.17, 15) is 14.9 Å². The van der Waals surface area contributed by atoms with E-state index in [2.05, 4.69) is 0 Å². The highest BCUT2D eigenvalue weighted by Crippen LogP contribution is 2.38. The van der Waals surface area contributed by atoms with Crippen molar-refractivity contribution >= 4 is 11.7 Å². The molecule has 0 saturated carbocycles. The van der Waals surface area contributed by atoms with Crippen molar-refractivity contribution in [2.24, 2.45) is 5.92 Å². The van der Waals surface area contributed by atoms with Crippen LogP contribution in [0.25, 0.3) is 0 Å². The Morgan fingerprint density at radius 3 is 2.82 bits per heavy atom. The molecule has 1 aromatic rings. The van der Waals surface area contributed by atoms with Gasteiger partial charge >= 0.3 is 5.97 Å². The minimum Gasteiger partial charge on any atom is -0.481 e. The third-order valence-corrected chi connectivity index (χ3v) is 2.85. The Morgan fingerprint density at radius 2 is 2.18 bits per heavy atom. The lowest BCUT2D eigenvalue weighted by Crippen LogP contribution is -2.18. The lowest BCUT2D eigenvalue weighted by molar-refractivity contribution is -0.386. The molecule has 0 aromatic heterocycles. The number of nitrogens with zero attached hydrogens (tertiary/aromatic N) is 1. The molecule has 1 saturated heterocycles. The zero-order valence-corrected chi connectivity index (χ0v) is 8.91. The SMILES string of the molecule is O=C(O)C1CCOC1c1ccccc1[N+](=O)[O-]. The molecule has 17 heavy (non-hydrogen) atoms. The normalized spacial score (nSPS) is 23.5. The highest BCUT2D eigenvalue weighted by molar-refractivity contribution is 5.72. The van der Waals surface area contributed by atoms with Gasteiger partial charge in [0.2, 0.25) is 0 Å². The summed E-state index contributed by atoms with van der Waals surface area (Å²) in [6.07, 6.45) is -0.347. The lowest BCUT2D eigenvalue weighted by atomic mass is 9.94. The summed E-state index contributed by atoms with van der Waals surface area (Å²) in [5.41, 5.74) is 0.244. The van der Waals surface area contributed by atoms with Crippen LogP contribution < -0.4 is 0 Å². The van der Waals surface area contributed by atoms with E-state index in [0.29, 0.717) is 18.6 Å². The van der Waals surface area contributed by atoms with Crippen molar-refractivity contribution in [2.75, 3.05) is 6.61 Å². The lowest BCUT2D eigenvalue weighted by Gasteiger charge is -2.15. The Labute approximate surface area is 97.0 Å². The number of carboxylic acids is 1. The first-order valence-corrected chi connectivity index (χ1v) is 5.19. The van der Waals surface area contributed by atoms with Gasteiger partial charge in [-0.1, -0.05) is 12.1 Å². The van der Waals surface area contributed by atoms with Crippen LogP contribution in [0.3, 0.4) is 0 Å². The molecule has 1 fully saturated rings. The van der Waals surface area contributed by atoms with Crippen molar-refractivity contribution in [3.63, 3.8) is 0 Å². The number of carbonyl (C=O) groups is 1. The van der Waals surface area contributed by atoms with Gasteiger partial charge < -0.3 is 9.84 Å². The number of carboxylic acid groups (broad SMARTS) is 1. The second kappa shape index (κ2) is 4.50. The Hall–Kier alpha value is -1.95. The fraction of sp³-hybridized carbons (Fsp3) is 0.364. The van der Waals surface area contributed by atoms with Gasteiger partial charge in [0.1, 0.15) is 6.10 Å². The van der Waals surface area contributed by atoms with Crippen molar-refractivity contribution in [3.8, 4) is 0 Å². The van der Waals surface area contributed by atoms with Crippen LogP contribution >= 0.6 is 0 Å². The third kappa shape index (κ3) is 2.12. The summed E-state index contributed by atoms with van der Waals surface area (Å²) in [6.45, 7) is 0.313. The molecule has 1 heterocycles. The molecular formula is C11H11NO5.